The van der Waals surface area contributed by atoms with E-state index in [0.717, 1.165) is 0 Å². The van der Waals surface area contributed by atoms with Crippen LogP contribution in [0.4, 0.5) is 0 Å². The molecule has 0 saturated carbocycles. The molecule has 0 aliphatic heterocycles. The van der Waals surface area contributed by atoms with Crippen molar-refractivity contribution >= 4 is 28.6 Å². The topological polar surface area (TPSA) is 101 Å². The number of aromatic nitrogens is 2. The number of thioether (sulfide) groups is 1. The van der Waals surface area contributed by atoms with Crippen molar-refractivity contribution in [3.05, 3.63) is 58.8 Å². The first-order valence-electron chi connectivity index (χ1n) is 9.67. The molecule has 7 nitrogen and oxygen atoms in total. The average molecular weight is 425 g/mol. The Morgan fingerprint density at radius 1 is 1.30 bits per heavy atom. The van der Waals surface area contributed by atoms with Crippen LogP contribution >= 0.6 is 11.8 Å². The van der Waals surface area contributed by atoms with E-state index in [1.165, 1.54) is 16.3 Å². The highest BCUT2D eigenvalue weighted by atomic mass is 32.2. The zero-order valence-corrected chi connectivity index (χ0v) is 18.2. The Morgan fingerprint density at radius 3 is 2.67 bits per heavy atom. The van der Waals surface area contributed by atoms with E-state index in [1.54, 1.807) is 50.4 Å². The van der Waals surface area contributed by atoms with E-state index < -0.39 is 10.8 Å². The fourth-order valence-electron chi connectivity index (χ4n) is 2.81. The number of carbonyl (C=O) groups excluding carboxylic acids is 1. The Labute approximate surface area is 179 Å². The van der Waals surface area contributed by atoms with Crippen LogP contribution in [0.3, 0.4) is 0 Å². The van der Waals surface area contributed by atoms with E-state index in [0.29, 0.717) is 21.8 Å². The van der Waals surface area contributed by atoms with Gasteiger partial charge >= 0.3 is 0 Å². The van der Waals surface area contributed by atoms with Crippen molar-refractivity contribution in [1.29, 1.82) is 5.26 Å². The molecule has 1 amide bonds. The fraction of sp³-hybridized carbons (Fsp3) is 0.364. The third-order valence-corrected chi connectivity index (χ3v) is 6.23. The highest BCUT2D eigenvalue weighted by Gasteiger charge is 2.32. The van der Waals surface area contributed by atoms with Crippen LogP contribution in [-0.2, 0) is 11.3 Å². The van der Waals surface area contributed by atoms with Gasteiger partial charge in [0.25, 0.3) is 5.56 Å². The second kappa shape index (κ2) is 8.76. The van der Waals surface area contributed by atoms with Gasteiger partial charge in [-0.15, -0.1) is 0 Å². The molecular formula is C22H24N4O3S. The number of rotatable bonds is 7. The number of carbonyl (C=O) groups is 1. The lowest BCUT2D eigenvalue weighted by Crippen LogP contribution is -2.51. The number of hydrogen-bond acceptors (Lipinski definition) is 6. The summed E-state index contributed by atoms with van der Waals surface area (Å²) < 4.78 is 6.92. The standard InChI is InChI=1S/C22H24N4O3S/c1-14(2)22(4,13-23)25-19(27)15(3)30-21-24-18-10-6-5-9-17(18)20(28)26(21)12-16-8-7-11-29-16/h5-11,14-15H,12H2,1-4H3,(H,25,27). The third kappa shape index (κ3) is 4.41. The van der Waals surface area contributed by atoms with Crippen molar-refractivity contribution in [3.63, 3.8) is 0 Å². The minimum Gasteiger partial charge on any atom is -0.467 e. The van der Waals surface area contributed by atoms with E-state index in [4.69, 9.17) is 4.42 Å². The fourth-order valence-corrected chi connectivity index (χ4v) is 3.71. The predicted octanol–water partition coefficient (Wildman–Crippen LogP) is 3.57. The average Bonchev–Trinajstić information content (AvgIpc) is 3.23. The van der Waals surface area contributed by atoms with Crippen molar-refractivity contribution in [3.8, 4) is 6.07 Å². The highest BCUT2D eigenvalue weighted by molar-refractivity contribution is 8.00. The second-order valence-electron chi connectivity index (χ2n) is 7.60. The summed E-state index contributed by atoms with van der Waals surface area (Å²) in [5.41, 5.74) is -0.607. The van der Waals surface area contributed by atoms with Gasteiger partial charge in [-0.1, -0.05) is 37.7 Å². The lowest BCUT2D eigenvalue weighted by Gasteiger charge is -2.28. The number of hydrogen-bond donors (Lipinski definition) is 1. The quantitative estimate of drug-likeness (QED) is 0.460. The summed E-state index contributed by atoms with van der Waals surface area (Å²) in [4.78, 5) is 30.5. The highest BCUT2D eigenvalue weighted by Crippen LogP contribution is 2.25. The first-order valence-corrected chi connectivity index (χ1v) is 10.5. The number of furan rings is 1. The van der Waals surface area contributed by atoms with Crippen molar-refractivity contribution in [1.82, 2.24) is 14.9 Å². The van der Waals surface area contributed by atoms with Crippen molar-refractivity contribution < 1.29 is 9.21 Å². The van der Waals surface area contributed by atoms with E-state index in [9.17, 15) is 14.9 Å². The van der Waals surface area contributed by atoms with Crippen LogP contribution in [0, 0.1) is 17.2 Å². The molecule has 1 aromatic carbocycles. The molecule has 3 rings (SSSR count). The summed E-state index contributed by atoms with van der Waals surface area (Å²) >= 11 is 1.18. The van der Waals surface area contributed by atoms with Crippen LogP contribution in [0.25, 0.3) is 10.9 Å². The van der Waals surface area contributed by atoms with E-state index in [2.05, 4.69) is 16.4 Å². The largest absolute Gasteiger partial charge is 0.467 e. The maximum Gasteiger partial charge on any atom is 0.262 e. The number of nitriles is 1. The minimum atomic E-state index is -0.976. The van der Waals surface area contributed by atoms with Gasteiger partial charge in [0.05, 0.1) is 35.0 Å². The Hall–Kier alpha value is -3.05. The van der Waals surface area contributed by atoms with E-state index >= 15 is 0 Å². The molecule has 0 fully saturated rings. The predicted molar refractivity (Wildman–Crippen MR) is 116 cm³/mol. The Kier molecular flexibility index (Phi) is 6.32. The normalized spacial score (nSPS) is 14.3. The number of benzene rings is 1. The number of amides is 1. The lowest BCUT2D eigenvalue weighted by atomic mass is 9.90. The van der Waals surface area contributed by atoms with Crippen LogP contribution in [0.5, 0.6) is 0 Å². The minimum absolute atomic E-state index is 0.0559. The lowest BCUT2D eigenvalue weighted by molar-refractivity contribution is -0.121. The number of nitrogens with one attached hydrogen (secondary N) is 1. The van der Waals surface area contributed by atoms with Gasteiger partial charge in [0.2, 0.25) is 5.91 Å². The molecule has 2 unspecified atom stereocenters. The van der Waals surface area contributed by atoms with Crippen LogP contribution in [0.15, 0.2) is 57.0 Å². The smallest absolute Gasteiger partial charge is 0.262 e. The van der Waals surface area contributed by atoms with E-state index in [-0.39, 0.29) is 23.9 Å². The van der Waals surface area contributed by atoms with Crippen molar-refractivity contribution in [2.45, 2.75) is 50.2 Å². The number of para-hydroxylation sites is 1. The molecule has 0 aliphatic rings. The molecule has 0 spiro atoms. The summed E-state index contributed by atoms with van der Waals surface area (Å²) in [5, 5.41) is 12.7. The van der Waals surface area contributed by atoms with Gasteiger partial charge in [0, 0.05) is 0 Å². The van der Waals surface area contributed by atoms with Crippen LogP contribution < -0.4 is 10.9 Å². The Bertz CT molecular complexity index is 1150. The van der Waals surface area contributed by atoms with Gasteiger partial charge in [0.15, 0.2) is 5.16 Å². The molecule has 8 heteroatoms. The van der Waals surface area contributed by atoms with Gasteiger partial charge < -0.3 is 9.73 Å². The molecule has 0 aliphatic carbocycles. The summed E-state index contributed by atoms with van der Waals surface area (Å²) in [6, 6.07) is 12.8. The molecule has 1 N–H and O–H groups in total. The van der Waals surface area contributed by atoms with Crippen LogP contribution in [0.1, 0.15) is 33.5 Å². The van der Waals surface area contributed by atoms with Crippen LogP contribution in [-0.4, -0.2) is 26.2 Å². The summed E-state index contributed by atoms with van der Waals surface area (Å²) in [6.07, 6.45) is 1.55. The second-order valence-corrected chi connectivity index (χ2v) is 8.91. The first-order chi connectivity index (χ1) is 14.2. The maximum atomic E-state index is 13.1. The van der Waals surface area contributed by atoms with Crippen LogP contribution in [0.2, 0.25) is 0 Å². The Morgan fingerprint density at radius 2 is 2.03 bits per heavy atom. The molecule has 0 radical (unpaired) electrons. The van der Waals surface area contributed by atoms with Gasteiger partial charge in [-0.25, -0.2) is 4.98 Å². The molecule has 2 atom stereocenters. The molecule has 0 saturated heterocycles. The first kappa shape index (κ1) is 21.7. The summed E-state index contributed by atoms with van der Waals surface area (Å²) in [6.45, 7) is 7.41. The van der Waals surface area contributed by atoms with E-state index in [1.807, 2.05) is 19.9 Å². The SMILES string of the molecule is CC(Sc1nc2ccccc2c(=O)n1Cc1ccco1)C(=O)NC(C)(C#N)C(C)C. The molecule has 156 valence electrons. The zero-order chi connectivity index (χ0) is 21.9. The molecule has 2 aromatic heterocycles. The number of fused-ring (bicyclic) bond motifs is 1. The molecular weight excluding hydrogens is 400 g/mol. The molecule has 30 heavy (non-hydrogen) atoms. The van der Waals surface area contributed by atoms with Gasteiger partial charge in [-0.2, -0.15) is 5.26 Å². The molecule has 3 aromatic rings. The van der Waals surface area contributed by atoms with Gasteiger partial charge in [0.1, 0.15) is 11.3 Å². The summed E-state index contributed by atoms with van der Waals surface area (Å²) in [5.74, 6) is 0.272. The number of nitrogens with zero attached hydrogens (tertiary/aromatic N) is 3. The van der Waals surface area contributed by atoms with Crippen molar-refractivity contribution in [2.75, 3.05) is 0 Å². The maximum absolute atomic E-state index is 13.1. The zero-order valence-electron chi connectivity index (χ0n) is 17.4. The Balaban J connectivity index is 1.95. The summed E-state index contributed by atoms with van der Waals surface area (Å²) in [7, 11) is 0. The van der Waals surface area contributed by atoms with Gasteiger partial charge in [-0.05, 0) is 44.0 Å². The molecule has 2 heterocycles. The van der Waals surface area contributed by atoms with Gasteiger partial charge in [-0.3, -0.25) is 14.2 Å². The molecule has 0 bridgehead atoms. The monoisotopic (exact) mass is 424 g/mol. The van der Waals surface area contributed by atoms with Crippen molar-refractivity contribution in [2.24, 2.45) is 5.92 Å². The third-order valence-electron chi connectivity index (χ3n) is 5.14.